The highest BCUT2D eigenvalue weighted by atomic mass is 28.3. The first kappa shape index (κ1) is 49.9. The zero-order valence-corrected chi connectivity index (χ0v) is 49.8. The van der Waals surface area contributed by atoms with Crippen LogP contribution in [0.3, 0.4) is 0 Å². The number of benzene rings is 4. The van der Waals surface area contributed by atoms with Crippen LogP contribution in [0.15, 0.2) is 71.8 Å². The lowest BCUT2D eigenvalue weighted by molar-refractivity contribution is 0.475. The summed E-state index contributed by atoms with van der Waals surface area (Å²) in [5, 5.41) is 6.43. The fraction of sp³-hybridized carbons (Fsp3) is 0.517. The maximum Gasteiger partial charge on any atom is 0.0776 e. The van der Waals surface area contributed by atoms with Crippen molar-refractivity contribution in [1.82, 2.24) is 0 Å². The van der Waals surface area contributed by atoms with E-state index in [4.69, 9.17) is 0 Å². The number of hydrogen-bond donors (Lipinski definition) is 0. The minimum absolute atomic E-state index is 0.106. The van der Waals surface area contributed by atoms with Gasteiger partial charge in [0, 0.05) is 21.4 Å². The molecule has 0 fully saturated rings. The summed E-state index contributed by atoms with van der Waals surface area (Å²) in [6.07, 6.45) is 5.39. The van der Waals surface area contributed by atoms with Gasteiger partial charge in [-0.05, 0) is 78.3 Å². The van der Waals surface area contributed by atoms with Crippen LogP contribution in [0.5, 0.6) is 0 Å². The van der Waals surface area contributed by atoms with E-state index in [-0.39, 0.29) is 10.8 Å². The lowest BCUT2D eigenvalue weighted by atomic mass is 9.79. The van der Waals surface area contributed by atoms with Crippen LogP contribution in [-0.2, 0) is 0 Å². The second-order valence-electron chi connectivity index (χ2n) is 26.7. The molecule has 4 aromatic rings. The smallest absolute Gasteiger partial charge is 0.0656 e. The van der Waals surface area contributed by atoms with Gasteiger partial charge in [-0.25, -0.2) is 0 Å². The van der Waals surface area contributed by atoms with Gasteiger partial charge in [-0.15, -0.1) is 0 Å². The van der Waals surface area contributed by atoms with Crippen LogP contribution < -0.4 is 20.7 Å². The third-order valence-electron chi connectivity index (χ3n) is 14.6. The first-order valence-electron chi connectivity index (χ1n) is 24.8. The summed E-state index contributed by atoms with van der Waals surface area (Å²) in [5.74, 6) is 1.91. The van der Waals surface area contributed by atoms with E-state index in [9.17, 15) is 0 Å². The van der Waals surface area contributed by atoms with Crippen molar-refractivity contribution in [2.24, 2.45) is 10.8 Å². The van der Waals surface area contributed by atoms with Crippen molar-refractivity contribution in [2.45, 2.75) is 184 Å². The summed E-state index contributed by atoms with van der Waals surface area (Å²) in [6, 6.07) is 28.5. The first-order chi connectivity index (χ1) is 28.7. The SMILES string of the molecule is CC(C)c1ccc2c(c1-c1cc([Si](C)(C)C)cc([Si](C)(C)C)c1)C=C(C(C)(C)C)C2C[SiH2]CC1C(C(C)(C)C)=Cc2c1ccc(C(C)C)c2-c1cc([Si](C)(C)C)cc([Si](C)(C)C)c1. The van der Waals surface area contributed by atoms with Crippen LogP contribution >= 0.6 is 0 Å². The fourth-order valence-electron chi connectivity index (χ4n) is 10.6. The number of rotatable bonds is 12. The largest absolute Gasteiger partial charge is 0.0776 e. The Bertz CT molecular complexity index is 2200. The molecular weight excluding hydrogens is 837 g/mol. The van der Waals surface area contributed by atoms with Gasteiger partial charge in [0.15, 0.2) is 0 Å². The molecule has 4 aromatic carbocycles. The number of hydrogen-bond acceptors (Lipinski definition) is 0. The molecule has 0 bridgehead atoms. The Kier molecular flexibility index (Phi) is 13.7. The van der Waals surface area contributed by atoms with Gasteiger partial charge in [0.1, 0.15) is 0 Å². The van der Waals surface area contributed by atoms with E-state index in [1.165, 1.54) is 56.6 Å². The van der Waals surface area contributed by atoms with Crippen molar-refractivity contribution in [3.8, 4) is 22.3 Å². The minimum atomic E-state index is -1.55. The third-order valence-corrected chi connectivity index (χ3v) is 24.6. The zero-order chi connectivity index (χ0) is 47.2. The average Bonchev–Trinajstić information content (AvgIpc) is 3.71. The molecule has 2 aliphatic carbocycles. The Hall–Kier alpha value is -2.56. The third kappa shape index (κ3) is 10.4. The van der Waals surface area contributed by atoms with Crippen LogP contribution in [0.4, 0.5) is 0 Å². The van der Waals surface area contributed by atoms with E-state index >= 15 is 0 Å². The van der Waals surface area contributed by atoms with Crippen molar-refractivity contribution in [3.63, 3.8) is 0 Å². The van der Waals surface area contributed by atoms with Gasteiger partial charge in [-0.3, -0.25) is 0 Å². The van der Waals surface area contributed by atoms with Gasteiger partial charge >= 0.3 is 0 Å². The molecule has 6 rings (SSSR count). The Morgan fingerprint density at radius 2 is 0.730 bits per heavy atom. The fourth-order valence-corrected chi connectivity index (χ4v) is 17.9. The molecule has 0 N–H and O–H groups in total. The molecule has 0 saturated carbocycles. The molecule has 0 aromatic heterocycles. The molecule has 0 radical (unpaired) electrons. The molecule has 0 spiro atoms. The van der Waals surface area contributed by atoms with E-state index in [0.29, 0.717) is 23.7 Å². The van der Waals surface area contributed by atoms with Gasteiger partial charge in [-0.1, -0.05) is 265 Å². The highest BCUT2D eigenvalue weighted by Gasteiger charge is 2.38. The standard InChI is InChI=1S/C58H88Si5/c1-37(2)45-23-25-47-49(55(45)39-27-41(60(11,12)13)31-42(28-39)61(14,15)16)33-53(57(5,6)7)51(47)35-59-36-52-48-26-24-46(38(3)4)56(50(48)34-54(52)58(8,9)10)40-29-43(62(17,18)19)32-44(30-40)63(20,21)22/h23-34,37-38,51-52H,35-36,59H2,1-22H3. The molecule has 0 saturated heterocycles. The van der Waals surface area contributed by atoms with E-state index in [2.05, 4.69) is 221 Å². The molecule has 2 atom stereocenters. The zero-order valence-electron chi connectivity index (χ0n) is 44.4. The Morgan fingerprint density at radius 3 is 0.968 bits per heavy atom. The lowest BCUT2D eigenvalue weighted by Gasteiger charge is -2.30. The topological polar surface area (TPSA) is 0 Å². The average molecular weight is 926 g/mol. The van der Waals surface area contributed by atoms with Gasteiger partial charge in [-0.2, -0.15) is 0 Å². The van der Waals surface area contributed by atoms with Crippen molar-refractivity contribution in [2.75, 3.05) is 0 Å². The second kappa shape index (κ2) is 17.3. The van der Waals surface area contributed by atoms with E-state index in [0.717, 1.165) is 0 Å². The molecule has 0 amide bonds. The van der Waals surface area contributed by atoms with Crippen molar-refractivity contribution < 1.29 is 0 Å². The Morgan fingerprint density at radius 1 is 0.444 bits per heavy atom. The predicted molar refractivity (Wildman–Crippen MR) is 302 cm³/mol. The maximum atomic E-state index is 2.69. The van der Waals surface area contributed by atoms with Gasteiger partial charge in [0.25, 0.3) is 0 Å². The van der Waals surface area contributed by atoms with Gasteiger partial charge < -0.3 is 0 Å². The second-order valence-corrected chi connectivity index (χ2v) is 48.9. The van der Waals surface area contributed by atoms with Crippen molar-refractivity contribution >= 4 is 74.7 Å². The summed E-state index contributed by atoms with van der Waals surface area (Å²) in [7, 11) is -6.67. The Balaban J connectivity index is 1.46. The summed E-state index contributed by atoms with van der Waals surface area (Å²) in [4.78, 5) is 0. The van der Waals surface area contributed by atoms with E-state index in [1.54, 1.807) is 43.0 Å². The Labute approximate surface area is 394 Å². The molecule has 2 aliphatic rings. The highest BCUT2D eigenvalue weighted by Crippen LogP contribution is 2.54. The first-order valence-corrected chi connectivity index (χ1v) is 40.8. The van der Waals surface area contributed by atoms with E-state index < -0.39 is 41.8 Å². The minimum Gasteiger partial charge on any atom is -0.0656 e. The molecule has 5 heteroatoms. The van der Waals surface area contributed by atoms with Crippen LogP contribution in [0.25, 0.3) is 34.4 Å². The summed E-state index contributed by atoms with van der Waals surface area (Å²) >= 11 is 0. The van der Waals surface area contributed by atoms with Crippen LogP contribution in [-0.4, -0.2) is 41.8 Å². The molecule has 63 heavy (non-hydrogen) atoms. The maximum absolute atomic E-state index is 2.69. The molecule has 2 unspecified atom stereocenters. The molecule has 0 heterocycles. The molecule has 0 aliphatic heterocycles. The molecule has 0 nitrogen and oxygen atoms in total. The van der Waals surface area contributed by atoms with Crippen LogP contribution in [0.2, 0.25) is 90.7 Å². The monoisotopic (exact) mass is 925 g/mol. The molecule has 340 valence electrons. The lowest BCUT2D eigenvalue weighted by Crippen LogP contribution is -2.45. The van der Waals surface area contributed by atoms with Crippen molar-refractivity contribution in [1.29, 1.82) is 0 Å². The summed E-state index contributed by atoms with van der Waals surface area (Å²) < 4.78 is 0. The van der Waals surface area contributed by atoms with E-state index in [1.807, 2.05) is 0 Å². The predicted octanol–water partition coefficient (Wildman–Crippen LogP) is 15.2. The number of fused-ring (bicyclic) bond motifs is 2. The quantitative estimate of drug-likeness (QED) is 0.124. The number of allylic oxidation sites excluding steroid dienone is 2. The summed E-state index contributed by atoms with van der Waals surface area (Å²) in [6.45, 7) is 54.8. The van der Waals surface area contributed by atoms with Gasteiger partial charge in [0.2, 0.25) is 0 Å². The van der Waals surface area contributed by atoms with Crippen LogP contribution in [0, 0.1) is 10.8 Å². The molecular formula is C58H88Si5. The normalized spacial score (nSPS) is 17.6. The highest BCUT2D eigenvalue weighted by molar-refractivity contribution is 6.92. The summed E-state index contributed by atoms with van der Waals surface area (Å²) in [5.41, 5.74) is 18.8. The van der Waals surface area contributed by atoms with Gasteiger partial charge in [0.05, 0.1) is 32.3 Å². The van der Waals surface area contributed by atoms with Crippen LogP contribution in [0.1, 0.15) is 126 Å². The van der Waals surface area contributed by atoms with Crippen molar-refractivity contribution in [3.05, 3.63) is 105 Å².